The molecule has 1 aliphatic carbocycles. The van der Waals surface area contributed by atoms with Crippen LogP contribution in [0.2, 0.25) is 0 Å². The van der Waals surface area contributed by atoms with Crippen molar-refractivity contribution < 1.29 is 9.53 Å². The molecular formula is C20H19N5O2S. The van der Waals surface area contributed by atoms with E-state index in [1.54, 1.807) is 23.9 Å². The molecule has 0 bridgehead atoms. The van der Waals surface area contributed by atoms with Gasteiger partial charge in [0.2, 0.25) is 0 Å². The minimum atomic E-state index is 0.109. The lowest BCUT2D eigenvalue weighted by atomic mass is 9.89. The number of hydrogen-bond donors (Lipinski definition) is 2. The van der Waals surface area contributed by atoms with E-state index in [1.807, 2.05) is 19.1 Å². The number of fused-ring (bicyclic) bond motifs is 4. The molecule has 5 rings (SSSR count). The summed E-state index contributed by atoms with van der Waals surface area (Å²) in [6.07, 6.45) is 7.00. The third kappa shape index (κ3) is 2.80. The van der Waals surface area contributed by atoms with Crippen molar-refractivity contribution >= 4 is 50.2 Å². The monoisotopic (exact) mass is 393 g/mol. The zero-order chi connectivity index (χ0) is 19.1. The molecule has 0 aliphatic heterocycles. The highest BCUT2D eigenvalue weighted by Crippen LogP contribution is 2.41. The van der Waals surface area contributed by atoms with Crippen molar-refractivity contribution in [2.24, 2.45) is 5.92 Å². The Balaban J connectivity index is 1.61. The zero-order valence-corrected chi connectivity index (χ0v) is 16.2. The predicted octanol–water partition coefficient (Wildman–Crippen LogP) is 4.01. The van der Waals surface area contributed by atoms with Crippen LogP contribution >= 0.6 is 11.3 Å². The second kappa shape index (κ2) is 6.87. The van der Waals surface area contributed by atoms with E-state index in [0.717, 1.165) is 63.9 Å². The van der Waals surface area contributed by atoms with Gasteiger partial charge in [-0.2, -0.15) is 5.10 Å². The zero-order valence-electron chi connectivity index (χ0n) is 15.4. The van der Waals surface area contributed by atoms with E-state index in [0.29, 0.717) is 6.61 Å². The summed E-state index contributed by atoms with van der Waals surface area (Å²) in [6, 6.07) is 3.96. The molecule has 28 heavy (non-hydrogen) atoms. The fraction of sp³-hybridized carbons (Fsp3) is 0.300. The Labute approximate surface area is 165 Å². The van der Waals surface area contributed by atoms with Crippen LogP contribution in [0.25, 0.3) is 21.1 Å². The number of carbonyl (C=O) groups excluding carboxylic acids is 1. The Kier molecular flexibility index (Phi) is 4.20. The number of hydrogen-bond acceptors (Lipinski definition) is 7. The number of aromatic amines is 1. The van der Waals surface area contributed by atoms with Gasteiger partial charge in [0, 0.05) is 22.2 Å². The Morgan fingerprint density at radius 3 is 3.18 bits per heavy atom. The van der Waals surface area contributed by atoms with Crippen molar-refractivity contribution in [1.29, 1.82) is 0 Å². The van der Waals surface area contributed by atoms with E-state index in [2.05, 4.69) is 25.5 Å². The number of aryl methyl sites for hydroxylation is 1. The molecule has 0 saturated carbocycles. The lowest BCUT2D eigenvalue weighted by Gasteiger charge is -2.18. The van der Waals surface area contributed by atoms with Crippen LogP contribution in [0.3, 0.4) is 0 Å². The van der Waals surface area contributed by atoms with Gasteiger partial charge in [0.25, 0.3) is 0 Å². The summed E-state index contributed by atoms with van der Waals surface area (Å²) >= 11 is 1.67. The molecule has 1 atom stereocenters. The number of carbonyl (C=O) groups is 1. The second-order valence-corrected chi connectivity index (χ2v) is 7.99. The Hall–Kier alpha value is -3.00. The van der Waals surface area contributed by atoms with E-state index in [9.17, 15) is 4.79 Å². The topological polar surface area (TPSA) is 92.8 Å². The molecule has 3 aromatic heterocycles. The number of nitrogens with zero attached hydrogens (tertiary/aromatic N) is 3. The SMILES string of the molecule is CCOc1cc2[nH]ncc2cc1Nc1ncnc2sc3c(c12)CC[C@H](C=O)C3. The summed E-state index contributed by atoms with van der Waals surface area (Å²) in [4.78, 5) is 22.4. The molecule has 0 unspecified atom stereocenters. The van der Waals surface area contributed by atoms with Crippen molar-refractivity contribution in [2.75, 3.05) is 11.9 Å². The normalized spacial score (nSPS) is 16.2. The van der Waals surface area contributed by atoms with E-state index in [4.69, 9.17) is 4.74 Å². The lowest BCUT2D eigenvalue weighted by Crippen LogP contribution is -2.13. The first-order chi connectivity index (χ1) is 13.8. The van der Waals surface area contributed by atoms with Gasteiger partial charge in [-0.05, 0) is 37.8 Å². The molecule has 4 aromatic rings. The number of aldehydes is 1. The molecule has 142 valence electrons. The van der Waals surface area contributed by atoms with E-state index in [1.165, 1.54) is 10.4 Å². The number of nitrogens with one attached hydrogen (secondary N) is 2. The van der Waals surface area contributed by atoms with Gasteiger partial charge in [0.15, 0.2) is 0 Å². The van der Waals surface area contributed by atoms with E-state index in [-0.39, 0.29) is 5.92 Å². The van der Waals surface area contributed by atoms with Crippen molar-refractivity contribution in [3.05, 3.63) is 35.1 Å². The van der Waals surface area contributed by atoms with Gasteiger partial charge in [-0.25, -0.2) is 9.97 Å². The first kappa shape index (κ1) is 17.1. The van der Waals surface area contributed by atoms with Crippen LogP contribution in [0.15, 0.2) is 24.7 Å². The third-order valence-corrected chi connectivity index (χ3v) is 6.33. The van der Waals surface area contributed by atoms with Gasteiger partial charge < -0.3 is 14.8 Å². The molecule has 7 nitrogen and oxygen atoms in total. The van der Waals surface area contributed by atoms with Gasteiger partial charge in [0.1, 0.15) is 29.0 Å². The fourth-order valence-electron chi connectivity index (χ4n) is 3.82. The van der Waals surface area contributed by atoms with E-state index < -0.39 is 0 Å². The van der Waals surface area contributed by atoms with Gasteiger partial charge in [-0.15, -0.1) is 11.3 Å². The summed E-state index contributed by atoms with van der Waals surface area (Å²) in [6.45, 7) is 2.52. The van der Waals surface area contributed by atoms with Crippen molar-refractivity contribution in [3.8, 4) is 5.75 Å². The maximum absolute atomic E-state index is 11.2. The molecule has 3 heterocycles. The number of aromatic nitrogens is 4. The summed E-state index contributed by atoms with van der Waals surface area (Å²) < 4.78 is 5.83. The summed E-state index contributed by atoms with van der Waals surface area (Å²) in [7, 11) is 0. The maximum atomic E-state index is 11.2. The number of ether oxygens (including phenoxy) is 1. The maximum Gasteiger partial charge on any atom is 0.144 e. The summed E-state index contributed by atoms with van der Waals surface area (Å²) in [5.41, 5.74) is 3.04. The molecule has 0 radical (unpaired) electrons. The summed E-state index contributed by atoms with van der Waals surface area (Å²) in [5.74, 6) is 1.63. The minimum absolute atomic E-state index is 0.109. The fourth-order valence-corrected chi connectivity index (χ4v) is 5.10. The van der Waals surface area contributed by atoms with Crippen molar-refractivity contribution in [3.63, 3.8) is 0 Å². The van der Waals surface area contributed by atoms with Crippen LogP contribution in [-0.4, -0.2) is 33.1 Å². The molecule has 2 N–H and O–H groups in total. The standard InChI is InChI=1S/C20H19N5O2S/c1-2-27-16-7-14-12(8-23-25-14)6-15(16)24-19-18-13-4-3-11(9-26)5-17(13)28-20(18)22-10-21-19/h6-11H,2-5H2,1H3,(H,23,25)(H,21,22,24)/t11-/m0/s1. The average Bonchev–Trinajstić information content (AvgIpc) is 3.31. The Morgan fingerprint density at radius 2 is 2.32 bits per heavy atom. The van der Waals surface area contributed by atoms with E-state index >= 15 is 0 Å². The van der Waals surface area contributed by atoms with Crippen LogP contribution in [0.4, 0.5) is 11.5 Å². The Bertz CT molecular complexity index is 1180. The summed E-state index contributed by atoms with van der Waals surface area (Å²) in [5, 5.41) is 12.6. The van der Waals surface area contributed by atoms with Crippen molar-refractivity contribution in [2.45, 2.75) is 26.2 Å². The third-order valence-electron chi connectivity index (χ3n) is 5.17. The number of thiophene rings is 1. The molecule has 0 spiro atoms. The second-order valence-electron chi connectivity index (χ2n) is 6.91. The molecule has 8 heteroatoms. The highest BCUT2D eigenvalue weighted by atomic mass is 32.1. The van der Waals surface area contributed by atoms with Crippen LogP contribution in [-0.2, 0) is 17.6 Å². The predicted molar refractivity (Wildman–Crippen MR) is 110 cm³/mol. The van der Waals surface area contributed by atoms with Gasteiger partial charge >= 0.3 is 0 Å². The quantitative estimate of drug-likeness (QED) is 0.498. The first-order valence-corrected chi connectivity index (χ1v) is 10.2. The number of rotatable bonds is 5. The molecule has 1 aliphatic rings. The largest absolute Gasteiger partial charge is 0.492 e. The minimum Gasteiger partial charge on any atom is -0.492 e. The lowest BCUT2D eigenvalue weighted by molar-refractivity contribution is -0.111. The van der Waals surface area contributed by atoms with Crippen molar-refractivity contribution in [1.82, 2.24) is 20.2 Å². The Morgan fingerprint density at radius 1 is 1.39 bits per heavy atom. The first-order valence-electron chi connectivity index (χ1n) is 9.34. The number of H-pyrrole nitrogens is 1. The van der Waals surface area contributed by atoms with Crippen LogP contribution in [0.5, 0.6) is 5.75 Å². The van der Waals surface area contributed by atoms with Gasteiger partial charge in [-0.1, -0.05) is 0 Å². The highest BCUT2D eigenvalue weighted by Gasteiger charge is 2.25. The number of benzene rings is 1. The highest BCUT2D eigenvalue weighted by molar-refractivity contribution is 7.19. The molecule has 1 aromatic carbocycles. The molecule has 0 saturated heterocycles. The molecular weight excluding hydrogens is 374 g/mol. The van der Waals surface area contributed by atoms with Crippen LogP contribution in [0, 0.1) is 5.92 Å². The smallest absolute Gasteiger partial charge is 0.144 e. The van der Waals surface area contributed by atoms with Crippen LogP contribution < -0.4 is 10.1 Å². The average molecular weight is 393 g/mol. The van der Waals surface area contributed by atoms with Gasteiger partial charge in [-0.3, -0.25) is 5.10 Å². The molecule has 0 fully saturated rings. The number of anilines is 2. The van der Waals surface area contributed by atoms with Crippen LogP contribution in [0.1, 0.15) is 23.8 Å². The molecule has 0 amide bonds. The van der Waals surface area contributed by atoms with Gasteiger partial charge in [0.05, 0.1) is 29.4 Å².